The molecule has 0 spiro atoms. The Hall–Kier alpha value is -2.41. The van der Waals surface area contributed by atoms with Gasteiger partial charge in [0.1, 0.15) is 10.6 Å². The summed E-state index contributed by atoms with van der Waals surface area (Å²) in [5.74, 6) is -0.489. The predicted molar refractivity (Wildman–Crippen MR) is 91.2 cm³/mol. The molecule has 0 bridgehead atoms. The summed E-state index contributed by atoms with van der Waals surface area (Å²) in [7, 11) is 0. The van der Waals surface area contributed by atoms with Gasteiger partial charge in [-0.05, 0) is 32.9 Å². The Morgan fingerprint density at radius 1 is 1.30 bits per heavy atom. The van der Waals surface area contributed by atoms with Crippen LogP contribution in [0.5, 0.6) is 5.75 Å². The molecule has 0 aliphatic heterocycles. The average molecular weight is 333 g/mol. The van der Waals surface area contributed by atoms with Gasteiger partial charge in [-0.2, -0.15) is 0 Å². The van der Waals surface area contributed by atoms with E-state index in [1.807, 2.05) is 13.8 Å². The third-order valence-electron chi connectivity index (χ3n) is 3.21. The van der Waals surface area contributed by atoms with E-state index in [0.717, 1.165) is 11.3 Å². The molecule has 2 rings (SSSR count). The summed E-state index contributed by atoms with van der Waals surface area (Å²) >= 11 is 1.16. The second-order valence-electron chi connectivity index (χ2n) is 5.37. The molecule has 23 heavy (non-hydrogen) atoms. The fourth-order valence-corrected chi connectivity index (χ4v) is 3.31. The molecule has 1 heterocycles. The maximum absolute atomic E-state index is 12.4. The molecular weight excluding hydrogens is 314 g/mol. The number of carbonyl (C=O) groups excluding carboxylic acids is 2. The molecule has 2 aromatic rings. The number of hydrogen-bond donors (Lipinski definition) is 2. The summed E-state index contributed by atoms with van der Waals surface area (Å²) < 4.78 is 0. The molecule has 0 saturated heterocycles. The van der Waals surface area contributed by atoms with Crippen LogP contribution in [0.15, 0.2) is 24.3 Å². The maximum Gasteiger partial charge on any atom is 0.267 e. The smallest absolute Gasteiger partial charge is 0.267 e. The van der Waals surface area contributed by atoms with Gasteiger partial charge < -0.3 is 10.4 Å². The minimum absolute atomic E-state index is 0.00390. The van der Waals surface area contributed by atoms with Gasteiger partial charge in [0.05, 0.1) is 11.4 Å². The highest BCUT2D eigenvalue weighted by Gasteiger charge is 2.23. The number of aromatic nitrogens is 1. The minimum Gasteiger partial charge on any atom is -0.506 e. The molecule has 0 aliphatic carbocycles. The van der Waals surface area contributed by atoms with Crippen LogP contribution in [-0.2, 0) is 4.79 Å². The SMILES string of the molecule is CC(=O)N(c1nc(C)c(C(=O)Nc2ccccc2O)s1)C(C)C. The van der Waals surface area contributed by atoms with Gasteiger partial charge in [-0.25, -0.2) is 4.98 Å². The summed E-state index contributed by atoms with van der Waals surface area (Å²) in [6.07, 6.45) is 0. The van der Waals surface area contributed by atoms with Crippen LogP contribution in [0.1, 0.15) is 36.1 Å². The number of nitrogens with zero attached hydrogens (tertiary/aromatic N) is 2. The molecule has 0 aliphatic rings. The van der Waals surface area contributed by atoms with Crippen LogP contribution < -0.4 is 10.2 Å². The van der Waals surface area contributed by atoms with Crippen LogP contribution in [-0.4, -0.2) is 27.9 Å². The van der Waals surface area contributed by atoms with Crippen molar-refractivity contribution in [3.05, 3.63) is 34.8 Å². The van der Waals surface area contributed by atoms with Gasteiger partial charge in [0.15, 0.2) is 5.13 Å². The Morgan fingerprint density at radius 3 is 2.52 bits per heavy atom. The van der Waals surface area contributed by atoms with Crippen molar-refractivity contribution in [1.29, 1.82) is 0 Å². The van der Waals surface area contributed by atoms with Crippen molar-refractivity contribution in [2.24, 2.45) is 0 Å². The Balaban J connectivity index is 2.29. The number of nitrogens with one attached hydrogen (secondary N) is 1. The van der Waals surface area contributed by atoms with Crippen molar-refractivity contribution in [1.82, 2.24) is 4.98 Å². The summed E-state index contributed by atoms with van der Waals surface area (Å²) in [6.45, 7) is 6.97. The molecule has 0 fully saturated rings. The van der Waals surface area contributed by atoms with Crippen LogP contribution in [0.25, 0.3) is 0 Å². The maximum atomic E-state index is 12.4. The molecule has 0 atom stereocenters. The van der Waals surface area contributed by atoms with E-state index >= 15 is 0 Å². The van der Waals surface area contributed by atoms with Crippen LogP contribution in [0.2, 0.25) is 0 Å². The zero-order chi connectivity index (χ0) is 17.1. The topological polar surface area (TPSA) is 82.5 Å². The van der Waals surface area contributed by atoms with Crippen molar-refractivity contribution in [3.63, 3.8) is 0 Å². The Morgan fingerprint density at radius 2 is 1.96 bits per heavy atom. The van der Waals surface area contributed by atoms with Crippen LogP contribution >= 0.6 is 11.3 Å². The van der Waals surface area contributed by atoms with E-state index in [0.29, 0.717) is 21.4 Å². The largest absolute Gasteiger partial charge is 0.506 e. The molecule has 2 amide bonds. The normalized spacial score (nSPS) is 10.7. The van der Waals surface area contributed by atoms with Crippen LogP contribution in [0.4, 0.5) is 10.8 Å². The lowest BCUT2D eigenvalue weighted by atomic mass is 10.3. The number of thiazole rings is 1. The van der Waals surface area contributed by atoms with Gasteiger partial charge in [-0.1, -0.05) is 23.5 Å². The Bertz CT molecular complexity index is 740. The van der Waals surface area contributed by atoms with E-state index in [-0.39, 0.29) is 23.6 Å². The van der Waals surface area contributed by atoms with Crippen molar-refractivity contribution < 1.29 is 14.7 Å². The fourth-order valence-electron chi connectivity index (χ4n) is 2.17. The summed E-state index contributed by atoms with van der Waals surface area (Å²) in [5.41, 5.74) is 0.879. The molecule has 0 unspecified atom stereocenters. The first-order valence-electron chi connectivity index (χ1n) is 7.17. The average Bonchev–Trinajstić information content (AvgIpc) is 2.82. The first kappa shape index (κ1) is 17.0. The third-order valence-corrected chi connectivity index (χ3v) is 4.36. The molecule has 1 aromatic heterocycles. The number of aromatic hydroxyl groups is 1. The van der Waals surface area contributed by atoms with Crippen molar-refractivity contribution in [2.75, 3.05) is 10.2 Å². The van der Waals surface area contributed by atoms with Gasteiger partial charge in [0.25, 0.3) is 5.91 Å². The summed E-state index contributed by atoms with van der Waals surface area (Å²) in [4.78, 5) is 30.5. The van der Waals surface area contributed by atoms with E-state index in [2.05, 4.69) is 10.3 Å². The van der Waals surface area contributed by atoms with E-state index in [4.69, 9.17) is 0 Å². The lowest BCUT2D eigenvalue weighted by molar-refractivity contribution is -0.116. The van der Waals surface area contributed by atoms with E-state index < -0.39 is 0 Å². The van der Waals surface area contributed by atoms with Crippen molar-refractivity contribution >= 4 is 34.0 Å². The molecule has 7 heteroatoms. The van der Waals surface area contributed by atoms with E-state index in [1.165, 1.54) is 13.0 Å². The number of phenols is 1. The molecule has 122 valence electrons. The number of aryl methyl sites for hydroxylation is 1. The highest BCUT2D eigenvalue weighted by molar-refractivity contribution is 7.17. The Kier molecular flexibility index (Phi) is 5.00. The molecule has 6 nitrogen and oxygen atoms in total. The monoisotopic (exact) mass is 333 g/mol. The fraction of sp³-hybridized carbons (Fsp3) is 0.312. The molecule has 2 N–H and O–H groups in total. The van der Waals surface area contributed by atoms with Crippen molar-refractivity contribution in [3.8, 4) is 5.75 Å². The summed E-state index contributed by atoms with van der Waals surface area (Å²) in [5, 5.41) is 12.9. The van der Waals surface area contributed by atoms with Gasteiger partial charge >= 0.3 is 0 Å². The lowest BCUT2D eigenvalue weighted by Crippen LogP contribution is -2.34. The van der Waals surface area contributed by atoms with Crippen LogP contribution in [0.3, 0.4) is 0 Å². The lowest BCUT2D eigenvalue weighted by Gasteiger charge is -2.21. The number of benzene rings is 1. The number of phenolic OH excluding ortho intramolecular Hbond substituents is 1. The zero-order valence-corrected chi connectivity index (χ0v) is 14.3. The number of hydrogen-bond acceptors (Lipinski definition) is 5. The van der Waals surface area contributed by atoms with Gasteiger partial charge in [0, 0.05) is 13.0 Å². The van der Waals surface area contributed by atoms with Crippen molar-refractivity contribution in [2.45, 2.75) is 33.7 Å². The minimum atomic E-state index is -0.361. The summed E-state index contributed by atoms with van der Waals surface area (Å²) in [6, 6.07) is 6.45. The highest BCUT2D eigenvalue weighted by atomic mass is 32.1. The van der Waals surface area contributed by atoms with Gasteiger partial charge in [-0.15, -0.1) is 0 Å². The predicted octanol–water partition coefficient (Wildman–Crippen LogP) is 3.17. The Labute approximate surface area is 138 Å². The molecule has 0 radical (unpaired) electrons. The second-order valence-corrected chi connectivity index (χ2v) is 6.34. The van der Waals surface area contributed by atoms with Gasteiger partial charge in [-0.3, -0.25) is 14.5 Å². The number of amides is 2. The first-order chi connectivity index (χ1) is 10.8. The molecule has 1 aromatic carbocycles. The van der Waals surface area contributed by atoms with E-state index in [9.17, 15) is 14.7 Å². The number of para-hydroxylation sites is 2. The molecule has 0 saturated carbocycles. The number of anilines is 2. The highest BCUT2D eigenvalue weighted by Crippen LogP contribution is 2.29. The first-order valence-corrected chi connectivity index (χ1v) is 7.99. The standard InChI is InChI=1S/C16H19N3O3S/c1-9(2)19(11(4)20)16-17-10(3)14(23-16)15(22)18-12-7-5-6-8-13(12)21/h5-9,21H,1-4H3,(H,18,22). The van der Waals surface area contributed by atoms with Gasteiger partial charge in [0.2, 0.25) is 5.91 Å². The molecular formula is C16H19N3O3S. The quantitative estimate of drug-likeness (QED) is 0.842. The number of carbonyl (C=O) groups is 2. The second kappa shape index (κ2) is 6.78. The third kappa shape index (κ3) is 3.68. The van der Waals surface area contributed by atoms with E-state index in [1.54, 1.807) is 30.0 Å². The number of rotatable bonds is 4. The zero-order valence-electron chi connectivity index (χ0n) is 13.5. The van der Waals surface area contributed by atoms with Crippen LogP contribution in [0, 0.1) is 6.92 Å².